The minimum Gasteiger partial charge on any atom is -0.389 e. The van der Waals surface area contributed by atoms with Gasteiger partial charge in [-0.3, -0.25) is 9.59 Å². The van der Waals surface area contributed by atoms with Gasteiger partial charge in [0.05, 0.1) is 12.1 Å². The van der Waals surface area contributed by atoms with E-state index in [9.17, 15) is 9.59 Å². The molecule has 2 amide bonds. The Kier molecular flexibility index (Phi) is 4.20. The maximum absolute atomic E-state index is 12.6. The van der Waals surface area contributed by atoms with Crippen LogP contribution in [0.4, 0.5) is 5.69 Å². The van der Waals surface area contributed by atoms with Crippen molar-refractivity contribution in [3.05, 3.63) is 39.5 Å². The monoisotopic (exact) mass is 316 g/mol. The molecule has 2 N–H and O–H groups in total. The Bertz CT molecular complexity index is 744. The first-order chi connectivity index (χ1) is 10.2. The van der Waals surface area contributed by atoms with Crippen molar-refractivity contribution >= 4 is 34.7 Å². The third kappa shape index (κ3) is 2.46. The van der Waals surface area contributed by atoms with Gasteiger partial charge in [0.15, 0.2) is 0 Å². The summed E-state index contributed by atoms with van der Waals surface area (Å²) in [7, 11) is 0. The van der Waals surface area contributed by atoms with Crippen molar-refractivity contribution in [3.63, 3.8) is 0 Å². The summed E-state index contributed by atoms with van der Waals surface area (Å²) in [6, 6.07) is 1.85. The Hall–Kier alpha value is -2.01. The number of nitrogens with zero attached hydrogens (tertiary/aromatic N) is 1. The van der Waals surface area contributed by atoms with E-state index in [0.717, 1.165) is 27.8 Å². The molecule has 1 aromatic rings. The summed E-state index contributed by atoms with van der Waals surface area (Å²) in [5, 5.41) is 0. The number of hydrogen-bond donors (Lipinski definition) is 1. The van der Waals surface area contributed by atoms with Crippen molar-refractivity contribution in [2.45, 2.75) is 41.0 Å². The molecule has 1 aliphatic heterocycles. The zero-order chi connectivity index (χ0) is 16.8. The highest BCUT2D eigenvalue weighted by Gasteiger charge is 2.37. The number of thiocarbonyl (C=S) groups is 1. The van der Waals surface area contributed by atoms with Crippen LogP contribution in [-0.4, -0.2) is 16.8 Å². The van der Waals surface area contributed by atoms with Crippen molar-refractivity contribution in [3.8, 4) is 0 Å². The van der Waals surface area contributed by atoms with Crippen LogP contribution in [0.1, 0.15) is 42.5 Å². The van der Waals surface area contributed by atoms with Gasteiger partial charge in [-0.15, -0.1) is 0 Å². The molecule has 0 spiro atoms. The van der Waals surface area contributed by atoms with E-state index in [1.807, 2.05) is 40.7 Å². The fourth-order valence-corrected chi connectivity index (χ4v) is 3.05. The number of aryl methyl sites for hydroxylation is 1. The molecule has 1 saturated heterocycles. The quantitative estimate of drug-likeness (QED) is 0.518. The molecule has 0 aromatic heterocycles. The summed E-state index contributed by atoms with van der Waals surface area (Å²) >= 11 is 5.07. The Morgan fingerprint density at radius 1 is 1.18 bits per heavy atom. The van der Waals surface area contributed by atoms with Gasteiger partial charge >= 0.3 is 0 Å². The van der Waals surface area contributed by atoms with Crippen molar-refractivity contribution in [2.24, 2.45) is 5.73 Å². The summed E-state index contributed by atoms with van der Waals surface area (Å²) in [6.07, 6.45) is 0.163. The second-order valence-corrected chi connectivity index (χ2v) is 6.33. The second-order valence-electron chi connectivity index (χ2n) is 5.89. The predicted octanol–water partition coefficient (Wildman–Crippen LogP) is 2.85. The van der Waals surface area contributed by atoms with Crippen LogP contribution >= 0.6 is 12.2 Å². The molecule has 1 fully saturated rings. The Morgan fingerprint density at radius 3 is 2.23 bits per heavy atom. The Morgan fingerprint density at radius 2 is 1.77 bits per heavy atom. The SMILES string of the molecule is CC(C)=C1CC(=O)N(c2c(C)cc(C(N)=S)c(C)c2C)C1=O. The van der Waals surface area contributed by atoms with Gasteiger partial charge in [-0.05, 0) is 57.4 Å². The van der Waals surface area contributed by atoms with Crippen LogP contribution in [0.5, 0.6) is 0 Å². The molecule has 0 saturated carbocycles. The number of imide groups is 1. The van der Waals surface area contributed by atoms with Crippen LogP contribution < -0.4 is 10.6 Å². The normalized spacial score (nSPS) is 14.8. The van der Waals surface area contributed by atoms with Crippen LogP contribution in [0.2, 0.25) is 0 Å². The van der Waals surface area contributed by atoms with Crippen LogP contribution in [0, 0.1) is 20.8 Å². The number of allylic oxidation sites excluding steroid dienone is 1. The van der Waals surface area contributed by atoms with Crippen molar-refractivity contribution in [1.29, 1.82) is 0 Å². The van der Waals surface area contributed by atoms with E-state index >= 15 is 0 Å². The molecular weight excluding hydrogens is 296 g/mol. The summed E-state index contributed by atoms with van der Waals surface area (Å²) in [4.78, 5) is 26.6. The van der Waals surface area contributed by atoms with E-state index in [1.54, 1.807) is 0 Å². The lowest BCUT2D eigenvalue weighted by Crippen LogP contribution is -2.31. The van der Waals surface area contributed by atoms with Crippen molar-refractivity contribution < 1.29 is 9.59 Å². The number of hydrogen-bond acceptors (Lipinski definition) is 3. The van der Waals surface area contributed by atoms with E-state index in [-0.39, 0.29) is 18.2 Å². The van der Waals surface area contributed by atoms with Gasteiger partial charge in [0.1, 0.15) is 4.99 Å². The highest BCUT2D eigenvalue weighted by molar-refractivity contribution is 7.80. The third-order valence-corrected chi connectivity index (χ3v) is 4.41. The molecular formula is C17H20N2O2S. The van der Waals surface area contributed by atoms with Gasteiger partial charge in [0, 0.05) is 11.1 Å². The molecule has 0 atom stereocenters. The molecule has 0 bridgehead atoms. The minimum absolute atomic E-state index is 0.163. The van der Waals surface area contributed by atoms with Crippen LogP contribution in [-0.2, 0) is 9.59 Å². The highest BCUT2D eigenvalue weighted by Crippen LogP contribution is 2.35. The third-order valence-electron chi connectivity index (χ3n) is 4.19. The molecule has 2 rings (SSSR count). The van der Waals surface area contributed by atoms with Crippen LogP contribution in [0.25, 0.3) is 0 Å². The molecule has 116 valence electrons. The molecule has 0 aliphatic carbocycles. The molecule has 22 heavy (non-hydrogen) atoms. The summed E-state index contributed by atoms with van der Waals surface area (Å²) in [5.41, 5.74) is 11.2. The number of carbonyl (C=O) groups excluding carboxylic acids is 2. The first kappa shape index (κ1) is 16.4. The lowest BCUT2D eigenvalue weighted by molar-refractivity contribution is -0.120. The molecule has 1 aromatic carbocycles. The first-order valence-corrected chi connectivity index (χ1v) is 7.51. The fourth-order valence-electron chi connectivity index (χ4n) is 2.84. The maximum atomic E-state index is 12.6. The Balaban J connectivity index is 2.67. The Labute approximate surface area is 136 Å². The summed E-state index contributed by atoms with van der Waals surface area (Å²) in [5.74, 6) is -0.409. The van der Waals surface area contributed by atoms with Gasteiger partial charge in [-0.1, -0.05) is 17.8 Å². The lowest BCUT2D eigenvalue weighted by atomic mass is 9.96. The highest BCUT2D eigenvalue weighted by atomic mass is 32.1. The molecule has 1 aliphatic rings. The summed E-state index contributed by atoms with van der Waals surface area (Å²) < 4.78 is 0. The zero-order valence-electron chi connectivity index (χ0n) is 13.5. The number of carbonyl (C=O) groups is 2. The first-order valence-electron chi connectivity index (χ1n) is 7.11. The zero-order valence-corrected chi connectivity index (χ0v) is 14.4. The number of rotatable bonds is 2. The second kappa shape index (κ2) is 5.65. The van der Waals surface area contributed by atoms with Gasteiger partial charge in [-0.25, -0.2) is 4.90 Å². The van der Waals surface area contributed by atoms with Gasteiger partial charge in [0.2, 0.25) is 5.91 Å². The van der Waals surface area contributed by atoms with E-state index in [2.05, 4.69) is 0 Å². The van der Waals surface area contributed by atoms with Crippen LogP contribution in [0.15, 0.2) is 17.2 Å². The summed E-state index contributed by atoms with van der Waals surface area (Å²) in [6.45, 7) is 9.36. The van der Waals surface area contributed by atoms with E-state index in [1.165, 1.54) is 4.90 Å². The smallest absolute Gasteiger partial charge is 0.261 e. The molecule has 0 unspecified atom stereocenters. The minimum atomic E-state index is -0.223. The number of anilines is 1. The molecule has 5 heteroatoms. The largest absolute Gasteiger partial charge is 0.389 e. The number of amides is 2. The van der Waals surface area contributed by atoms with E-state index < -0.39 is 0 Å². The topological polar surface area (TPSA) is 63.4 Å². The number of nitrogens with two attached hydrogens (primary N) is 1. The van der Waals surface area contributed by atoms with Crippen LogP contribution in [0.3, 0.4) is 0 Å². The van der Waals surface area contributed by atoms with Gasteiger partial charge in [-0.2, -0.15) is 0 Å². The van der Waals surface area contributed by atoms with Crippen molar-refractivity contribution in [2.75, 3.05) is 4.90 Å². The van der Waals surface area contributed by atoms with Gasteiger partial charge in [0.25, 0.3) is 5.91 Å². The average Bonchev–Trinajstić information content (AvgIpc) is 2.71. The van der Waals surface area contributed by atoms with Crippen molar-refractivity contribution in [1.82, 2.24) is 0 Å². The van der Waals surface area contributed by atoms with Gasteiger partial charge < -0.3 is 5.73 Å². The molecule has 0 radical (unpaired) electrons. The molecule has 1 heterocycles. The predicted molar refractivity (Wildman–Crippen MR) is 92.0 cm³/mol. The average molecular weight is 316 g/mol. The molecule has 4 nitrogen and oxygen atoms in total. The fraction of sp³-hybridized carbons (Fsp3) is 0.353. The lowest BCUT2D eigenvalue weighted by Gasteiger charge is -2.22. The van der Waals surface area contributed by atoms with E-state index in [0.29, 0.717) is 16.2 Å². The maximum Gasteiger partial charge on any atom is 0.261 e. The number of benzene rings is 1. The van der Waals surface area contributed by atoms with E-state index in [4.69, 9.17) is 18.0 Å². The standard InChI is InChI=1S/C17H20N2O2S/c1-8(2)12-7-14(20)19(17(12)21)15-9(3)6-13(16(18)22)10(4)11(15)5/h6H,7H2,1-5H3,(H2,18,22).